The summed E-state index contributed by atoms with van der Waals surface area (Å²) in [5.74, 6) is -1.01. The van der Waals surface area contributed by atoms with E-state index >= 15 is 0 Å². The molecule has 7 heteroatoms. The van der Waals surface area contributed by atoms with Crippen molar-refractivity contribution in [2.24, 2.45) is 0 Å². The first-order valence-corrected chi connectivity index (χ1v) is 10.0. The zero-order valence-electron chi connectivity index (χ0n) is 16.4. The Morgan fingerprint density at radius 3 is 2.14 bits per heavy atom. The summed E-state index contributed by atoms with van der Waals surface area (Å²) in [6.07, 6.45) is 0. The minimum atomic E-state index is -0.832. The van der Waals surface area contributed by atoms with Gasteiger partial charge in [0.25, 0.3) is 11.8 Å². The molecular weight excluding hydrogens is 390 g/mol. The van der Waals surface area contributed by atoms with Crippen molar-refractivity contribution in [3.8, 4) is 0 Å². The number of hydrogen-bond acceptors (Lipinski definition) is 4. The Bertz CT molecular complexity index is 964. The van der Waals surface area contributed by atoms with Crippen LogP contribution in [0.3, 0.4) is 0 Å². The maximum absolute atomic E-state index is 13.0. The Morgan fingerprint density at radius 2 is 1.55 bits per heavy atom. The molecule has 0 aliphatic carbocycles. The number of carbonyl (C=O) groups is 3. The standard InChI is InChI=1S/C22H22ClN3O3/c1-14-7-8-16(23)13-19(14)24-9-11-25(12-10-24)20(27)15(2)26-21(28)17-5-3-4-6-18(17)22(26)29/h3-8,13,15H,9-12H2,1-2H3/t15-/m0/s1. The quantitative estimate of drug-likeness (QED) is 0.728. The summed E-state index contributed by atoms with van der Waals surface area (Å²) in [4.78, 5) is 43.4. The fourth-order valence-electron chi connectivity index (χ4n) is 4.03. The predicted octanol–water partition coefficient (Wildman–Crippen LogP) is 2.98. The second kappa shape index (κ2) is 7.52. The van der Waals surface area contributed by atoms with E-state index in [9.17, 15) is 14.4 Å². The van der Waals surface area contributed by atoms with Crippen LogP contribution < -0.4 is 4.90 Å². The number of anilines is 1. The lowest BCUT2D eigenvalue weighted by molar-refractivity contribution is -0.135. The molecule has 2 heterocycles. The summed E-state index contributed by atoms with van der Waals surface area (Å²) in [7, 11) is 0. The molecular formula is C22H22ClN3O3. The van der Waals surface area contributed by atoms with E-state index in [1.165, 1.54) is 0 Å². The van der Waals surface area contributed by atoms with Crippen LogP contribution in [0.4, 0.5) is 5.69 Å². The van der Waals surface area contributed by atoms with Crippen molar-refractivity contribution in [1.82, 2.24) is 9.80 Å². The fraction of sp³-hybridized carbons (Fsp3) is 0.318. The topological polar surface area (TPSA) is 60.9 Å². The van der Waals surface area contributed by atoms with Gasteiger partial charge in [-0.25, -0.2) is 0 Å². The van der Waals surface area contributed by atoms with Gasteiger partial charge < -0.3 is 9.80 Å². The molecule has 2 aromatic rings. The van der Waals surface area contributed by atoms with E-state index < -0.39 is 17.9 Å². The third-order valence-corrected chi connectivity index (χ3v) is 5.91. The van der Waals surface area contributed by atoms with Crippen LogP contribution in [0.2, 0.25) is 5.02 Å². The van der Waals surface area contributed by atoms with Crippen molar-refractivity contribution in [3.05, 3.63) is 64.2 Å². The molecule has 2 aliphatic heterocycles. The number of benzene rings is 2. The zero-order chi connectivity index (χ0) is 20.7. The smallest absolute Gasteiger partial charge is 0.262 e. The van der Waals surface area contributed by atoms with Gasteiger partial charge in [0.2, 0.25) is 5.91 Å². The molecule has 0 radical (unpaired) electrons. The molecule has 29 heavy (non-hydrogen) atoms. The van der Waals surface area contributed by atoms with Gasteiger partial charge in [0.1, 0.15) is 6.04 Å². The van der Waals surface area contributed by atoms with Gasteiger partial charge in [-0.1, -0.05) is 29.8 Å². The van der Waals surface area contributed by atoms with Crippen molar-refractivity contribution in [3.63, 3.8) is 0 Å². The largest absolute Gasteiger partial charge is 0.368 e. The molecule has 0 saturated carbocycles. The zero-order valence-corrected chi connectivity index (χ0v) is 17.1. The van der Waals surface area contributed by atoms with Crippen molar-refractivity contribution in [2.45, 2.75) is 19.9 Å². The minimum absolute atomic E-state index is 0.207. The highest BCUT2D eigenvalue weighted by atomic mass is 35.5. The van der Waals surface area contributed by atoms with Gasteiger partial charge in [0.05, 0.1) is 11.1 Å². The van der Waals surface area contributed by atoms with E-state index in [-0.39, 0.29) is 5.91 Å². The summed E-state index contributed by atoms with van der Waals surface area (Å²) in [6.45, 7) is 6.05. The lowest BCUT2D eigenvalue weighted by Gasteiger charge is -2.38. The molecule has 0 N–H and O–H groups in total. The molecule has 0 unspecified atom stereocenters. The van der Waals surface area contributed by atoms with E-state index in [2.05, 4.69) is 4.90 Å². The van der Waals surface area contributed by atoms with E-state index in [4.69, 9.17) is 11.6 Å². The van der Waals surface area contributed by atoms with Crippen molar-refractivity contribution in [2.75, 3.05) is 31.1 Å². The van der Waals surface area contributed by atoms with Crippen LogP contribution in [-0.4, -0.2) is 59.7 Å². The minimum Gasteiger partial charge on any atom is -0.368 e. The number of nitrogens with zero attached hydrogens (tertiary/aromatic N) is 3. The molecule has 4 rings (SSSR count). The third-order valence-electron chi connectivity index (χ3n) is 5.67. The lowest BCUT2D eigenvalue weighted by Crippen LogP contribution is -2.55. The Morgan fingerprint density at radius 1 is 0.966 bits per heavy atom. The average Bonchev–Trinajstić information content (AvgIpc) is 2.99. The second-order valence-electron chi connectivity index (χ2n) is 7.45. The molecule has 0 aromatic heterocycles. The second-order valence-corrected chi connectivity index (χ2v) is 7.88. The van der Waals surface area contributed by atoms with Gasteiger partial charge >= 0.3 is 0 Å². The molecule has 1 fully saturated rings. The first kappa shape index (κ1) is 19.5. The van der Waals surface area contributed by atoms with Crippen LogP contribution in [0.25, 0.3) is 0 Å². The molecule has 6 nitrogen and oxygen atoms in total. The molecule has 0 bridgehead atoms. The maximum atomic E-state index is 13.0. The number of carbonyl (C=O) groups excluding carboxylic acids is 3. The van der Waals surface area contributed by atoms with E-state index in [0.717, 1.165) is 16.2 Å². The first-order chi connectivity index (χ1) is 13.9. The fourth-order valence-corrected chi connectivity index (χ4v) is 4.19. The number of amides is 3. The van der Waals surface area contributed by atoms with Gasteiger partial charge in [-0.2, -0.15) is 0 Å². The molecule has 0 spiro atoms. The number of hydrogen-bond donors (Lipinski definition) is 0. The number of piperazine rings is 1. The summed E-state index contributed by atoms with van der Waals surface area (Å²) in [5.41, 5.74) is 2.92. The first-order valence-electron chi connectivity index (χ1n) is 9.65. The van der Waals surface area contributed by atoms with Crippen LogP contribution in [0.1, 0.15) is 33.2 Å². The highest BCUT2D eigenvalue weighted by Crippen LogP contribution is 2.27. The maximum Gasteiger partial charge on any atom is 0.262 e. The number of rotatable bonds is 3. The normalized spacial score (nSPS) is 17.6. The van der Waals surface area contributed by atoms with Crippen LogP contribution in [0.5, 0.6) is 0 Å². The molecule has 1 saturated heterocycles. The number of halogens is 1. The Kier molecular flexibility index (Phi) is 5.04. The Hall–Kier alpha value is -2.86. The summed E-state index contributed by atoms with van der Waals surface area (Å²) in [5, 5.41) is 0.684. The van der Waals surface area contributed by atoms with Crippen LogP contribution >= 0.6 is 11.6 Å². The van der Waals surface area contributed by atoms with Crippen molar-refractivity contribution < 1.29 is 14.4 Å². The van der Waals surface area contributed by atoms with Gasteiger partial charge in [-0.15, -0.1) is 0 Å². The lowest BCUT2D eigenvalue weighted by atomic mass is 10.1. The van der Waals surface area contributed by atoms with E-state index in [1.807, 2.05) is 25.1 Å². The predicted molar refractivity (Wildman–Crippen MR) is 111 cm³/mol. The average molecular weight is 412 g/mol. The number of imide groups is 1. The molecule has 1 atom stereocenters. The van der Waals surface area contributed by atoms with Gasteiger partial charge in [0, 0.05) is 36.9 Å². The monoisotopic (exact) mass is 411 g/mol. The number of aryl methyl sites for hydroxylation is 1. The van der Waals surface area contributed by atoms with Crippen LogP contribution in [0, 0.1) is 6.92 Å². The highest BCUT2D eigenvalue weighted by Gasteiger charge is 2.42. The molecule has 2 aromatic carbocycles. The van der Waals surface area contributed by atoms with E-state index in [1.54, 1.807) is 36.1 Å². The summed E-state index contributed by atoms with van der Waals surface area (Å²) in [6, 6.07) is 11.6. The third kappa shape index (κ3) is 3.38. The SMILES string of the molecule is Cc1ccc(Cl)cc1N1CCN(C(=O)[C@H](C)N2C(=O)c3ccccc3C2=O)CC1. The molecule has 3 amide bonds. The molecule has 150 valence electrons. The van der Waals surface area contributed by atoms with Gasteiger partial charge in [0.15, 0.2) is 0 Å². The van der Waals surface area contributed by atoms with Gasteiger partial charge in [-0.05, 0) is 43.7 Å². The van der Waals surface area contributed by atoms with Gasteiger partial charge in [-0.3, -0.25) is 19.3 Å². The highest BCUT2D eigenvalue weighted by molar-refractivity contribution is 6.30. The number of fused-ring (bicyclic) bond motifs is 1. The van der Waals surface area contributed by atoms with Crippen molar-refractivity contribution in [1.29, 1.82) is 0 Å². The molecule has 2 aliphatic rings. The van der Waals surface area contributed by atoms with Crippen LogP contribution in [-0.2, 0) is 4.79 Å². The summed E-state index contributed by atoms with van der Waals surface area (Å²) >= 11 is 6.13. The van der Waals surface area contributed by atoms with Crippen molar-refractivity contribution >= 4 is 35.0 Å². The van der Waals surface area contributed by atoms with E-state index in [0.29, 0.717) is 42.3 Å². The Balaban J connectivity index is 1.44. The Labute approximate surface area is 174 Å². The van der Waals surface area contributed by atoms with Crippen LogP contribution in [0.15, 0.2) is 42.5 Å². The summed E-state index contributed by atoms with van der Waals surface area (Å²) < 4.78 is 0.